The van der Waals surface area contributed by atoms with Gasteiger partial charge in [0.2, 0.25) is 0 Å². The number of ether oxygens (including phenoxy) is 2. The van der Waals surface area contributed by atoms with Crippen LogP contribution in [-0.4, -0.2) is 27.9 Å². The number of carbonyl (C=O) groups is 1. The number of carbonyl (C=O) groups excluding carboxylic acids is 1. The van der Waals surface area contributed by atoms with Crippen molar-refractivity contribution in [2.75, 3.05) is 6.61 Å². The average molecular weight is 366 g/mol. The molecule has 0 saturated heterocycles. The lowest BCUT2D eigenvalue weighted by Crippen LogP contribution is -2.16. The summed E-state index contributed by atoms with van der Waals surface area (Å²) in [4.78, 5) is 25.8. The van der Waals surface area contributed by atoms with Gasteiger partial charge in [-0.15, -0.1) is 0 Å². The summed E-state index contributed by atoms with van der Waals surface area (Å²) < 4.78 is 9.97. The molecule has 0 aliphatic carbocycles. The summed E-state index contributed by atoms with van der Waals surface area (Å²) >= 11 is 0. The molecule has 1 aromatic heterocycles. The summed E-state index contributed by atoms with van der Waals surface area (Å²) in [5.41, 5.74) is -0.0766. The maximum atomic E-state index is 11.6. The van der Waals surface area contributed by atoms with Gasteiger partial charge in [-0.2, -0.15) is 0 Å². The van der Waals surface area contributed by atoms with Gasteiger partial charge >= 0.3 is 6.16 Å². The lowest BCUT2D eigenvalue weighted by atomic mass is 10.3. The Hall–Kier alpha value is -2.26. The van der Waals surface area contributed by atoms with Crippen LogP contribution in [0.1, 0.15) is 6.92 Å². The van der Waals surface area contributed by atoms with Crippen molar-refractivity contribution < 1.29 is 19.2 Å². The van der Waals surface area contributed by atoms with Crippen LogP contribution in [-0.2, 0) is 4.74 Å². The maximum Gasteiger partial charge on any atom is 0.513 e. The topological polar surface area (TPSA) is 91.6 Å². The van der Waals surface area contributed by atoms with Crippen molar-refractivity contribution in [2.24, 2.45) is 0 Å². The highest BCUT2D eigenvalue weighted by Crippen LogP contribution is 2.32. The molecule has 1 aromatic carbocycles. The van der Waals surface area contributed by atoms with E-state index in [2.05, 4.69) is 4.98 Å². The Bertz CT molecular complexity index is 682. The summed E-state index contributed by atoms with van der Waals surface area (Å²) in [6.45, 7) is 2.09. The van der Waals surface area contributed by atoms with E-state index in [-0.39, 0.29) is 23.3 Å². The summed E-state index contributed by atoms with van der Waals surface area (Å²) in [5, 5.41) is 11.5. The standard InChI is InChI=1S/C15H14N2O5S2/c1-11(23-24-14-4-2-3-9-16-14)10-21-15(18)22-13-7-5-12(6-8-13)17(19)20/h2-9,11H,10H2,1H3/t11-/m1/s1. The summed E-state index contributed by atoms with van der Waals surface area (Å²) in [7, 11) is 3.03. The molecule has 0 spiro atoms. The number of benzene rings is 1. The largest absolute Gasteiger partial charge is 0.513 e. The molecule has 126 valence electrons. The second-order valence-electron chi connectivity index (χ2n) is 4.57. The number of hydrogen-bond donors (Lipinski definition) is 0. The summed E-state index contributed by atoms with van der Waals surface area (Å²) in [5.74, 6) is 0.189. The number of pyridine rings is 1. The van der Waals surface area contributed by atoms with E-state index in [0.29, 0.717) is 0 Å². The Labute approximate surface area is 146 Å². The van der Waals surface area contributed by atoms with Crippen LogP contribution in [0.2, 0.25) is 0 Å². The van der Waals surface area contributed by atoms with Crippen LogP contribution in [0.4, 0.5) is 10.5 Å². The van der Waals surface area contributed by atoms with E-state index in [9.17, 15) is 14.9 Å². The van der Waals surface area contributed by atoms with Crippen LogP contribution in [0.15, 0.2) is 53.7 Å². The van der Waals surface area contributed by atoms with Crippen molar-refractivity contribution in [3.63, 3.8) is 0 Å². The van der Waals surface area contributed by atoms with Gasteiger partial charge in [0, 0.05) is 23.6 Å². The van der Waals surface area contributed by atoms with E-state index in [0.717, 1.165) is 5.03 Å². The molecule has 7 nitrogen and oxygen atoms in total. The van der Waals surface area contributed by atoms with Crippen molar-refractivity contribution in [1.82, 2.24) is 4.98 Å². The van der Waals surface area contributed by atoms with Gasteiger partial charge in [0.1, 0.15) is 17.4 Å². The number of hydrogen-bond acceptors (Lipinski definition) is 8. The normalized spacial score (nSPS) is 11.5. The first-order valence-corrected chi connectivity index (χ1v) is 9.09. The second-order valence-corrected chi connectivity index (χ2v) is 7.23. The van der Waals surface area contributed by atoms with E-state index in [1.807, 2.05) is 25.1 Å². The molecule has 24 heavy (non-hydrogen) atoms. The lowest BCUT2D eigenvalue weighted by Gasteiger charge is -2.10. The van der Waals surface area contributed by atoms with Crippen molar-refractivity contribution in [1.29, 1.82) is 0 Å². The van der Waals surface area contributed by atoms with Crippen LogP contribution in [0.25, 0.3) is 0 Å². The highest BCUT2D eigenvalue weighted by Gasteiger charge is 2.12. The van der Waals surface area contributed by atoms with Crippen LogP contribution >= 0.6 is 21.6 Å². The minimum atomic E-state index is -0.848. The quantitative estimate of drug-likeness (QED) is 0.235. The molecule has 2 rings (SSSR count). The van der Waals surface area contributed by atoms with E-state index in [1.54, 1.807) is 6.20 Å². The van der Waals surface area contributed by atoms with Crippen molar-refractivity contribution in [3.8, 4) is 5.75 Å². The molecule has 0 amide bonds. The monoisotopic (exact) mass is 366 g/mol. The zero-order valence-corrected chi connectivity index (χ0v) is 14.3. The highest BCUT2D eigenvalue weighted by atomic mass is 33.1. The number of nitrogens with zero attached hydrogens (tertiary/aromatic N) is 2. The van der Waals surface area contributed by atoms with Crippen LogP contribution in [0, 0.1) is 10.1 Å². The first-order chi connectivity index (χ1) is 11.5. The van der Waals surface area contributed by atoms with Crippen LogP contribution < -0.4 is 4.74 Å². The van der Waals surface area contributed by atoms with E-state index < -0.39 is 11.1 Å². The minimum absolute atomic E-state index is 0.0430. The maximum absolute atomic E-state index is 11.6. The van der Waals surface area contributed by atoms with Gasteiger partial charge < -0.3 is 9.47 Å². The molecule has 0 aliphatic rings. The summed E-state index contributed by atoms with van der Waals surface area (Å²) in [6.07, 6.45) is 0.866. The summed E-state index contributed by atoms with van der Waals surface area (Å²) in [6, 6.07) is 10.8. The molecular weight excluding hydrogens is 352 g/mol. The minimum Gasteiger partial charge on any atom is -0.433 e. The van der Waals surface area contributed by atoms with Crippen molar-refractivity contribution >= 4 is 33.4 Å². The first-order valence-electron chi connectivity index (χ1n) is 6.88. The number of nitro benzene ring substituents is 1. The Morgan fingerprint density at radius 2 is 2.04 bits per heavy atom. The van der Waals surface area contributed by atoms with Gasteiger partial charge in [-0.1, -0.05) is 16.9 Å². The van der Waals surface area contributed by atoms with E-state index in [4.69, 9.17) is 9.47 Å². The molecule has 0 radical (unpaired) electrons. The molecule has 0 N–H and O–H groups in total. The third-order valence-corrected chi connectivity index (χ3v) is 5.38. The molecule has 0 aliphatic heterocycles. The molecule has 9 heteroatoms. The fourth-order valence-electron chi connectivity index (χ4n) is 1.50. The number of non-ortho nitro benzene ring substituents is 1. The third kappa shape index (κ3) is 6.09. The van der Waals surface area contributed by atoms with Crippen molar-refractivity contribution in [3.05, 3.63) is 58.8 Å². The molecule has 0 fully saturated rings. The Morgan fingerprint density at radius 1 is 1.29 bits per heavy atom. The SMILES string of the molecule is C[C@H](COC(=O)Oc1ccc([N+](=O)[O-])cc1)SSc1ccccn1. The smallest absolute Gasteiger partial charge is 0.433 e. The van der Waals surface area contributed by atoms with E-state index >= 15 is 0 Å². The van der Waals surface area contributed by atoms with E-state index in [1.165, 1.54) is 45.9 Å². The van der Waals surface area contributed by atoms with Gasteiger partial charge in [-0.3, -0.25) is 10.1 Å². The molecule has 0 saturated carbocycles. The zero-order chi connectivity index (χ0) is 17.4. The lowest BCUT2D eigenvalue weighted by molar-refractivity contribution is -0.384. The van der Waals surface area contributed by atoms with Gasteiger partial charge in [-0.05, 0) is 42.0 Å². The van der Waals surface area contributed by atoms with Gasteiger partial charge in [0.25, 0.3) is 5.69 Å². The molecule has 1 atom stereocenters. The van der Waals surface area contributed by atoms with Gasteiger partial charge in [0.05, 0.1) is 4.92 Å². The van der Waals surface area contributed by atoms with Gasteiger partial charge in [-0.25, -0.2) is 9.78 Å². The Kier molecular flexibility index (Phi) is 6.89. The average Bonchev–Trinajstić information content (AvgIpc) is 2.59. The third-order valence-electron chi connectivity index (χ3n) is 2.62. The fourth-order valence-corrected chi connectivity index (χ4v) is 3.38. The van der Waals surface area contributed by atoms with Gasteiger partial charge in [0.15, 0.2) is 0 Å². The molecule has 0 bridgehead atoms. The fraction of sp³-hybridized carbons (Fsp3) is 0.200. The van der Waals surface area contributed by atoms with Crippen LogP contribution in [0.3, 0.4) is 0 Å². The zero-order valence-electron chi connectivity index (χ0n) is 12.7. The predicted molar refractivity (Wildman–Crippen MR) is 92.2 cm³/mol. The second kappa shape index (κ2) is 9.14. The van der Waals surface area contributed by atoms with Crippen LogP contribution in [0.5, 0.6) is 5.75 Å². The molecule has 0 unspecified atom stereocenters. The first kappa shape index (κ1) is 18.1. The predicted octanol–water partition coefficient (Wildman–Crippen LogP) is 4.33. The Morgan fingerprint density at radius 3 is 2.67 bits per heavy atom. The number of nitro groups is 1. The van der Waals surface area contributed by atoms with Crippen molar-refractivity contribution in [2.45, 2.75) is 17.2 Å². The number of rotatable bonds is 7. The highest BCUT2D eigenvalue weighted by molar-refractivity contribution is 8.76. The molecular formula is C15H14N2O5S2. The Balaban J connectivity index is 1.71. The number of aromatic nitrogens is 1. The molecule has 1 heterocycles. The molecule has 2 aromatic rings.